The van der Waals surface area contributed by atoms with Gasteiger partial charge in [0.2, 0.25) is 0 Å². The zero-order valence-corrected chi connectivity index (χ0v) is 22.6. The first-order chi connectivity index (χ1) is 17.5. The van der Waals surface area contributed by atoms with Crippen molar-refractivity contribution in [3.8, 4) is 23.0 Å². The van der Waals surface area contributed by atoms with Gasteiger partial charge in [-0.2, -0.15) is 0 Å². The van der Waals surface area contributed by atoms with Gasteiger partial charge in [0.15, 0.2) is 0 Å². The van der Waals surface area contributed by atoms with E-state index in [4.69, 9.17) is 9.47 Å². The Kier molecular flexibility index (Phi) is 13.3. The van der Waals surface area contributed by atoms with Crippen LogP contribution in [0.5, 0.6) is 23.0 Å². The van der Waals surface area contributed by atoms with E-state index in [1.165, 1.54) is 0 Å². The van der Waals surface area contributed by atoms with Crippen LogP contribution < -0.4 is 19.7 Å². The van der Waals surface area contributed by atoms with Crippen LogP contribution in [0.15, 0.2) is 109 Å². The Morgan fingerprint density at radius 2 is 0.838 bits per heavy atom. The molecular weight excluding hydrogens is 496 g/mol. The number of benzene rings is 4. The van der Waals surface area contributed by atoms with Gasteiger partial charge in [-0.1, -0.05) is 72.8 Å². The fourth-order valence-corrected chi connectivity index (χ4v) is 3.32. The topological polar surface area (TPSA) is 98.7 Å². The monoisotopic (exact) mass is 522 g/mol. The molecule has 0 aliphatic heterocycles. The SMILES string of the molecule is O=C([O-])CCc1ccccc1Oc1ccccc1.O=C([O-])CCc1ccccc1Oc1ccccc1.[Ca+2]. The molecule has 0 aliphatic carbocycles. The van der Waals surface area contributed by atoms with Crippen LogP contribution in [0.1, 0.15) is 24.0 Å². The van der Waals surface area contributed by atoms with Crippen molar-refractivity contribution in [2.24, 2.45) is 0 Å². The first-order valence-corrected chi connectivity index (χ1v) is 11.5. The number of carboxylic acid groups (broad SMARTS) is 2. The van der Waals surface area contributed by atoms with Crippen molar-refractivity contribution in [1.82, 2.24) is 0 Å². The molecule has 184 valence electrons. The molecule has 0 heterocycles. The van der Waals surface area contributed by atoms with Gasteiger partial charge in [0.1, 0.15) is 23.0 Å². The van der Waals surface area contributed by atoms with Gasteiger partial charge in [0.25, 0.3) is 0 Å². The summed E-state index contributed by atoms with van der Waals surface area (Å²) in [6.45, 7) is 0. The predicted molar refractivity (Wildman–Crippen MR) is 138 cm³/mol. The minimum absolute atomic E-state index is 0. The number of aryl methyl sites for hydroxylation is 2. The molecule has 0 N–H and O–H groups in total. The van der Waals surface area contributed by atoms with Crippen molar-refractivity contribution in [3.05, 3.63) is 120 Å². The Labute approximate surface area is 246 Å². The van der Waals surface area contributed by atoms with Crippen molar-refractivity contribution in [2.75, 3.05) is 0 Å². The smallest absolute Gasteiger partial charge is 0.550 e. The van der Waals surface area contributed by atoms with Crippen molar-refractivity contribution in [3.63, 3.8) is 0 Å². The standard InChI is InChI=1S/2C15H14O3.Ca/c2*16-15(17)11-10-12-6-4-5-9-14(12)18-13-7-2-1-3-8-13;/h2*1-9H,10-11H2,(H,16,17);/q;;+2/p-2. The van der Waals surface area contributed by atoms with E-state index >= 15 is 0 Å². The van der Waals surface area contributed by atoms with Crippen LogP contribution >= 0.6 is 0 Å². The molecule has 0 radical (unpaired) electrons. The maximum atomic E-state index is 10.5. The van der Waals surface area contributed by atoms with Crippen LogP contribution in [0, 0.1) is 0 Å². The van der Waals surface area contributed by atoms with Crippen LogP contribution in [0.25, 0.3) is 0 Å². The third kappa shape index (κ3) is 11.1. The van der Waals surface area contributed by atoms with Crippen LogP contribution in [-0.2, 0) is 22.4 Å². The third-order valence-corrected chi connectivity index (χ3v) is 5.08. The summed E-state index contributed by atoms with van der Waals surface area (Å²) in [4.78, 5) is 21.0. The molecule has 37 heavy (non-hydrogen) atoms. The number of carbonyl (C=O) groups is 2. The summed E-state index contributed by atoms with van der Waals surface area (Å²) in [5, 5.41) is 21.0. The molecule has 0 bridgehead atoms. The van der Waals surface area contributed by atoms with Gasteiger partial charge in [0, 0.05) is 11.9 Å². The summed E-state index contributed by atoms with van der Waals surface area (Å²) in [5.74, 6) is 0.737. The van der Waals surface area contributed by atoms with Gasteiger partial charge >= 0.3 is 37.7 Å². The van der Waals surface area contributed by atoms with Crippen molar-refractivity contribution in [2.45, 2.75) is 25.7 Å². The van der Waals surface area contributed by atoms with Crippen LogP contribution in [-0.4, -0.2) is 49.7 Å². The average Bonchev–Trinajstić information content (AvgIpc) is 2.89. The van der Waals surface area contributed by atoms with Gasteiger partial charge in [0.05, 0.1) is 0 Å². The van der Waals surface area contributed by atoms with Crippen molar-refractivity contribution >= 4 is 49.7 Å². The first-order valence-electron chi connectivity index (χ1n) is 11.5. The zero-order chi connectivity index (χ0) is 25.6. The molecule has 0 saturated heterocycles. The minimum atomic E-state index is -1.05. The number of aliphatic carboxylic acids is 2. The third-order valence-electron chi connectivity index (χ3n) is 5.08. The number of para-hydroxylation sites is 4. The van der Waals surface area contributed by atoms with Gasteiger partial charge in [-0.25, -0.2) is 0 Å². The van der Waals surface area contributed by atoms with Crippen molar-refractivity contribution in [1.29, 1.82) is 0 Å². The van der Waals surface area contributed by atoms with Crippen LogP contribution in [0.3, 0.4) is 0 Å². The van der Waals surface area contributed by atoms with E-state index in [-0.39, 0.29) is 50.6 Å². The summed E-state index contributed by atoms with van der Waals surface area (Å²) >= 11 is 0. The number of carboxylic acids is 2. The molecule has 0 amide bonds. The van der Waals surface area contributed by atoms with E-state index in [0.29, 0.717) is 24.3 Å². The molecule has 0 aliphatic rings. The van der Waals surface area contributed by atoms with Gasteiger partial charge in [-0.05, 0) is 73.2 Å². The molecule has 4 rings (SSSR count). The molecule has 0 unspecified atom stereocenters. The molecule has 0 atom stereocenters. The molecular formula is C30H26CaO6. The second-order valence-electron chi connectivity index (χ2n) is 7.79. The summed E-state index contributed by atoms with van der Waals surface area (Å²) in [5.41, 5.74) is 1.73. The van der Waals surface area contributed by atoms with Crippen molar-refractivity contribution < 1.29 is 29.3 Å². The Morgan fingerprint density at radius 3 is 1.19 bits per heavy atom. The van der Waals surface area contributed by atoms with Gasteiger partial charge in [-0.3, -0.25) is 0 Å². The molecule has 0 saturated carbocycles. The first kappa shape index (κ1) is 29.9. The van der Waals surface area contributed by atoms with Crippen LogP contribution in [0.4, 0.5) is 0 Å². The molecule has 0 spiro atoms. The van der Waals surface area contributed by atoms with E-state index in [1.807, 2.05) is 109 Å². The van der Waals surface area contributed by atoms with Gasteiger partial charge < -0.3 is 29.3 Å². The summed E-state index contributed by atoms with van der Waals surface area (Å²) < 4.78 is 11.5. The summed E-state index contributed by atoms with van der Waals surface area (Å²) in [6.07, 6.45) is 0.807. The number of hydrogen-bond donors (Lipinski definition) is 0. The van der Waals surface area contributed by atoms with E-state index < -0.39 is 11.9 Å². The van der Waals surface area contributed by atoms with E-state index in [2.05, 4.69) is 0 Å². The number of hydrogen-bond acceptors (Lipinski definition) is 6. The molecule has 0 aromatic heterocycles. The summed E-state index contributed by atoms with van der Waals surface area (Å²) in [7, 11) is 0. The predicted octanol–water partition coefficient (Wildman–Crippen LogP) is 3.94. The number of rotatable bonds is 10. The number of carbonyl (C=O) groups excluding carboxylic acids is 2. The molecule has 4 aromatic rings. The van der Waals surface area contributed by atoms with E-state index in [1.54, 1.807) is 0 Å². The maximum absolute atomic E-state index is 10.5. The minimum Gasteiger partial charge on any atom is -0.550 e. The number of ether oxygens (including phenoxy) is 2. The molecule has 7 heteroatoms. The molecule has 4 aromatic carbocycles. The average molecular weight is 523 g/mol. The largest absolute Gasteiger partial charge is 2.00 e. The van der Waals surface area contributed by atoms with Gasteiger partial charge in [-0.15, -0.1) is 0 Å². The zero-order valence-electron chi connectivity index (χ0n) is 20.4. The molecule has 6 nitrogen and oxygen atoms in total. The fourth-order valence-electron chi connectivity index (χ4n) is 3.32. The van der Waals surface area contributed by atoms with E-state index in [0.717, 1.165) is 22.6 Å². The maximum Gasteiger partial charge on any atom is 2.00 e. The Morgan fingerprint density at radius 1 is 0.514 bits per heavy atom. The summed E-state index contributed by atoms with van der Waals surface area (Å²) in [6, 6.07) is 33.6. The quantitative estimate of drug-likeness (QED) is 0.293. The molecule has 0 fully saturated rings. The Balaban J connectivity index is 0.000000253. The second kappa shape index (κ2) is 16.4. The normalized spacial score (nSPS) is 9.73. The van der Waals surface area contributed by atoms with Crippen LogP contribution in [0.2, 0.25) is 0 Å². The second-order valence-corrected chi connectivity index (χ2v) is 7.79. The Bertz CT molecular complexity index is 1150. The van der Waals surface area contributed by atoms with E-state index in [9.17, 15) is 19.8 Å². The Hall–Kier alpha value is -3.32. The fraction of sp³-hybridized carbons (Fsp3) is 0.133.